The standard InChI is InChI=1S/C6H13NO2S/c1-3-7(2)10(8,9)6-4-5-6/h6H,3-5H2,1-2H3. The summed E-state index contributed by atoms with van der Waals surface area (Å²) in [6.45, 7) is 2.43. The van der Waals surface area contributed by atoms with Gasteiger partial charge in [-0.05, 0) is 12.8 Å². The summed E-state index contributed by atoms with van der Waals surface area (Å²) in [7, 11) is -1.25. The molecule has 3 nitrogen and oxygen atoms in total. The summed E-state index contributed by atoms with van der Waals surface area (Å²) < 4.78 is 23.9. The average molecular weight is 163 g/mol. The van der Waals surface area contributed by atoms with Crippen molar-refractivity contribution in [3.8, 4) is 0 Å². The molecule has 0 aliphatic heterocycles. The van der Waals surface area contributed by atoms with E-state index in [1.807, 2.05) is 6.92 Å². The van der Waals surface area contributed by atoms with E-state index in [1.54, 1.807) is 7.05 Å². The summed E-state index contributed by atoms with van der Waals surface area (Å²) in [6.07, 6.45) is 1.71. The molecule has 0 aromatic carbocycles. The van der Waals surface area contributed by atoms with Crippen molar-refractivity contribution in [1.82, 2.24) is 4.31 Å². The fraction of sp³-hybridized carbons (Fsp3) is 1.00. The van der Waals surface area contributed by atoms with Crippen LogP contribution in [0.15, 0.2) is 0 Å². The first kappa shape index (κ1) is 8.01. The van der Waals surface area contributed by atoms with Gasteiger partial charge in [-0.2, -0.15) is 0 Å². The van der Waals surface area contributed by atoms with Gasteiger partial charge >= 0.3 is 0 Å². The molecule has 0 saturated heterocycles. The van der Waals surface area contributed by atoms with E-state index in [9.17, 15) is 8.42 Å². The number of rotatable bonds is 3. The third kappa shape index (κ3) is 1.32. The summed E-state index contributed by atoms with van der Waals surface area (Å²) in [5, 5.41) is -0.0579. The van der Waals surface area contributed by atoms with E-state index in [0.717, 1.165) is 12.8 Å². The van der Waals surface area contributed by atoms with E-state index in [2.05, 4.69) is 0 Å². The largest absolute Gasteiger partial charge is 0.216 e. The average Bonchev–Trinajstić information content (AvgIpc) is 2.66. The minimum Gasteiger partial charge on any atom is -0.212 e. The topological polar surface area (TPSA) is 37.4 Å². The third-order valence-corrected chi connectivity index (χ3v) is 4.27. The number of sulfonamides is 1. The maximum atomic E-state index is 11.2. The van der Waals surface area contributed by atoms with Crippen molar-refractivity contribution in [2.24, 2.45) is 0 Å². The first-order valence-corrected chi connectivity index (χ1v) is 5.04. The monoisotopic (exact) mass is 163 g/mol. The van der Waals surface area contributed by atoms with Crippen LogP contribution in [0, 0.1) is 0 Å². The van der Waals surface area contributed by atoms with E-state index in [1.165, 1.54) is 4.31 Å². The highest BCUT2D eigenvalue weighted by atomic mass is 32.2. The van der Waals surface area contributed by atoms with Crippen molar-refractivity contribution in [2.45, 2.75) is 25.0 Å². The highest BCUT2D eigenvalue weighted by Crippen LogP contribution is 2.29. The zero-order chi connectivity index (χ0) is 7.78. The number of nitrogens with zero attached hydrogens (tertiary/aromatic N) is 1. The molecule has 0 amide bonds. The molecule has 1 aliphatic carbocycles. The molecule has 0 radical (unpaired) electrons. The second kappa shape index (κ2) is 2.51. The lowest BCUT2D eigenvalue weighted by Gasteiger charge is -2.13. The maximum Gasteiger partial charge on any atom is 0.216 e. The van der Waals surface area contributed by atoms with Crippen molar-refractivity contribution in [3.05, 3.63) is 0 Å². The van der Waals surface area contributed by atoms with E-state index in [4.69, 9.17) is 0 Å². The smallest absolute Gasteiger partial charge is 0.212 e. The van der Waals surface area contributed by atoms with Crippen LogP contribution in [0.2, 0.25) is 0 Å². The molecule has 0 heterocycles. The van der Waals surface area contributed by atoms with Crippen LogP contribution in [0.5, 0.6) is 0 Å². The molecule has 0 N–H and O–H groups in total. The van der Waals surface area contributed by atoms with Crippen LogP contribution in [0.4, 0.5) is 0 Å². The normalized spacial score (nSPS) is 19.9. The molecular formula is C6H13NO2S. The summed E-state index contributed by atoms with van der Waals surface area (Å²) in [4.78, 5) is 0. The summed E-state index contributed by atoms with van der Waals surface area (Å²) in [6, 6.07) is 0. The molecule has 1 aliphatic rings. The Labute approximate surface area is 62.1 Å². The fourth-order valence-corrected chi connectivity index (χ4v) is 2.40. The quantitative estimate of drug-likeness (QED) is 0.605. The van der Waals surface area contributed by atoms with Crippen LogP contribution in [0.25, 0.3) is 0 Å². The summed E-state index contributed by atoms with van der Waals surface area (Å²) in [5.74, 6) is 0. The van der Waals surface area contributed by atoms with Crippen LogP contribution in [0.1, 0.15) is 19.8 Å². The van der Waals surface area contributed by atoms with Crippen molar-refractivity contribution in [1.29, 1.82) is 0 Å². The Bertz CT molecular complexity index is 206. The fourth-order valence-electron chi connectivity index (χ4n) is 0.800. The lowest BCUT2D eigenvalue weighted by atomic mass is 10.8. The minimum atomic E-state index is -2.88. The molecule has 0 aromatic heterocycles. The van der Waals surface area contributed by atoms with Crippen molar-refractivity contribution in [2.75, 3.05) is 13.6 Å². The van der Waals surface area contributed by atoms with Gasteiger partial charge in [0.05, 0.1) is 5.25 Å². The van der Waals surface area contributed by atoms with Gasteiger partial charge in [-0.15, -0.1) is 0 Å². The highest BCUT2D eigenvalue weighted by Gasteiger charge is 2.37. The lowest BCUT2D eigenvalue weighted by molar-refractivity contribution is 0.485. The van der Waals surface area contributed by atoms with Crippen molar-refractivity contribution in [3.63, 3.8) is 0 Å². The van der Waals surface area contributed by atoms with Gasteiger partial charge in [0.1, 0.15) is 0 Å². The molecule has 0 aromatic rings. The molecule has 4 heteroatoms. The molecule has 1 saturated carbocycles. The Morgan fingerprint density at radius 3 is 2.30 bits per heavy atom. The second-order valence-electron chi connectivity index (χ2n) is 2.66. The first-order chi connectivity index (χ1) is 4.59. The van der Waals surface area contributed by atoms with Gasteiger partial charge in [0.25, 0.3) is 0 Å². The Morgan fingerprint density at radius 2 is 2.00 bits per heavy atom. The molecule has 0 bridgehead atoms. The second-order valence-corrected chi connectivity index (χ2v) is 4.98. The van der Waals surface area contributed by atoms with Crippen LogP contribution in [0.3, 0.4) is 0 Å². The first-order valence-electron chi connectivity index (χ1n) is 3.54. The van der Waals surface area contributed by atoms with Gasteiger partial charge in [-0.1, -0.05) is 6.92 Å². The Hall–Kier alpha value is -0.0900. The van der Waals surface area contributed by atoms with Crippen molar-refractivity contribution >= 4 is 10.0 Å². The van der Waals surface area contributed by atoms with E-state index in [-0.39, 0.29) is 5.25 Å². The molecule has 60 valence electrons. The molecule has 0 spiro atoms. The summed E-state index contributed by atoms with van der Waals surface area (Å²) >= 11 is 0. The van der Waals surface area contributed by atoms with Crippen LogP contribution >= 0.6 is 0 Å². The van der Waals surface area contributed by atoms with E-state index >= 15 is 0 Å². The Kier molecular flexibility index (Phi) is 2.01. The molecule has 0 atom stereocenters. The van der Waals surface area contributed by atoms with Crippen molar-refractivity contribution < 1.29 is 8.42 Å². The van der Waals surface area contributed by atoms with Gasteiger partial charge in [-0.25, -0.2) is 12.7 Å². The molecule has 1 rings (SSSR count). The van der Waals surface area contributed by atoms with Gasteiger partial charge in [0.2, 0.25) is 10.0 Å². The number of hydrogen-bond donors (Lipinski definition) is 0. The minimum absolute atomic E-state index is 0.0579. The lowest BCUT2D eigenvalue weighted by Crippen LogP contribution is -2.29. The molecular weight excluding hydrogens is 150 g/mol. The predicted molar refractivity (Wildman–Crippen MR) is 40.2 cm³/mol. The zero-order valence-electron chi connectivity index (χ0n) is 6.37. The Morgan fingerprint density at radius 1 is 1.50 bits per heavy atom. The van der Waals surface area contributed by atoms with Crippen LogP contribution in [-0.4, -0.2) is 31.6 Å². The highest BCUT2D eigenvalue weighted by molar-refractivity contribution is 7.90. The van der Waals surface area contributed by atoms with Crippen LogP contribution < -0.4 is 0 Å². The molecule has 10 heavy (non-hydrogen) atoms. The summed E-state index contributed by atoms with van der Waals surface area (Å²) in [5.41, 5.74) is 0. The Balaban J connectivity index is 2.67. The molecule has 1 fully saturated rings. The van der Waals surface area contributed by atoms with Gasteiger partial charge in [0, 0.05) is 13.6 Å². The molecule has 0 unspecified atom stereocenters. The van der Waals surface area contributed by atoms with Gasteiger partial charge < -0.3 is 0 Å². The van der Waals surface area contributed by atoms with E-state index in [0.29, 0.717) is 6.54 Å². The van der Waals surface area contributed by atoms with Crippen LogP contribution in [-0.2, 0) is 10.0 Å². The van der Waals surface area contributed by atoms with Gasteiger partial charge in [-0.3, -0.25) is 0 Å². The third-order valence-electron chi connectivity index (χ3n) is 1.83. The van der Waals surface area contributed by atoms with E-state index < -0.39 is 10.0 Å². The predicted octanol–water partition coefficient (Wildman–Crippen LogP) is 0.430. The number of hydrogen-bond acceptors (Lipinski definition) is 2. The maximum absolute atomic E-state index is 11.2. The van der Waals surface area contributed by atoms with Gasteiger partial charge in [0.15, 0.2) is 0 Å². The zero-order valence-corrected chi connectivity index (χ0v) is 7.19. The SMILES string of the molecule is CCN(C)S(=O)(=O)C1CC1.